The summed E-state index contributed by atoms with van der Waals surface area (Å²) in [5.41, 5.74) is 5.13. The molecular weight excluding hydrogens is 330 g/mol. The number of ether oxygens (including phenoxy) is 1. The van der Waals surface area contributed by atoms with E-state index in [9.17, 15) is 13.2 Å². The predicted octanol–water partition coefficient (Wildman–Crippen LogP) is 2.22. The summed E-state index contributed by atoms with van der Waals surface area (Å²) in [5.74, 6) is -0.716. The molecule has 2 N–H and O–H groups in total. The molecule has 1 amide bonds. The molecule has 0 heterocycles. The van der Waals surface area contributed by atoms with Crippen LogP contribution in [0.4, 0.5) is 0 Å². The van der Waals surface area contributed by atoms with Crippen molar-refractivity contribution < 1.29 is 22.1 Å². The minimum absolute atomic E-state index is 0.0774. The molecule has 0 saturated heterocycles. The summed E-state index contributed by atoms with van der Waals surface area (Å²) in [6.45, 7) is 0. The van der Waals surface area contributed by atoms with Crippen molar-refractivity contribution in [3.63, 3.8) is 0 Å². The van der Waals surface area contributed by atoms with Crippen molar-refractivity contribution in [3.8, 4) is 11.5 Å². The monoisotopic (exact) mass is 341 g/mol. The van der Waals surface area contributed by atoms with E-state index in [0.29, 0.717) is 5.75 Å². The fourth-order valence-electron chi connectivity index (χ4n) is 1.69. The van der Waals surface area contributed by atoms with Crippen LogP contribution in [0.2, 0.25) is 5.02 Å². The summed E-state index contributed by atoms with van der Waals surface area (Å²) in [6, 6.07) is 9.62. The van der Waals surface area contributed by atoms with Gasteiger partial charge >= 0.3 is 10.1 Å². The Hall–Kier alpha value is -2.25. The fraction of sp³-hybridized carbons (Fsp3) is 0.0714. The molecule has 0 aromatic heterocycles. The van der Waals surface area contributed by atoms with Crippen LogP contribution in [0.3, 0.4) is 0 Å². The maximum absolute atomic E-state index is 12.3. The number of benzene rings is 2. The third-order valence-corrected chi connectivity index (χ3v) is 4.20. The lowest BCUT2D eigenvalue weighted by atomic mass is 10.2. The molecule has 0 spiro atoms. The molecule has 116 valence electrons. The Morgan fingerprint density at radius 1 is 1.18 bits per heavy atom. The largest absolute Gasteiger partial charge is 0.497 e. The summed E-state index contributed by atoms with van der Waals surface area (Å²) in [5, 5.41) is 0.241. The third kappa shape index (κ3) is 3.49. The van der Waals surface area contributed by atoms with E-state index >= 15 is 0 Å². The lowest BCUT2D eigenvalue weighted by Crippen LogP contribution is -2.16. The first kappa shape index (κ1) is 16.1. The van der Waals surface area contributed by atoms with E-state index in [1.807, 2.05) is 0 Å². The van der Waals surface area contributed by atoms with Crippen LogP contribution in [0.15, 0.2) is 47.4 Å². The highest BCUT2D eigenvalue weighted by atomic mass is 35.5. The number of hydrogen-bond donors (Lipinski definition) is 1. The van der Waals surface area contributed by atoms with Crippen molar-refractivity contribution in [2.75, 3.05) is 7.11 Å². The molecule has 2 aromatic rings. The van der Waals surface area contributed by atoms with Gasteiger partial charge in [-0.2, -0.15) is 8.42 Å². The van der Waals surface area contributed by atoms with Crippen molar-refractivity contribution in [1.82, 2.24) is 0 Å². The zero-order chi connectivity index (χ0) is 16.3. The Balaban J connectivity index is 2.47. The van der Waals surface area contributed by atoms with Crippen LogP contribution in [0.25, 0.3) is 0 Å². The number of nitrogens with two attached hydrogens (primary N) is 1. The number of methoxy groups -OCH3 is 1. The lowest BCUT2D eigenvalue weighted by Gasteiger charge is -2.11. The van der Waals surface area contributed by atoms with Gasteiger partial charge in [0.25, 0.3) is 5.91 Å². The van der Waals surface area contributed by atoms with Gasteiger partial charge in [-0.1, -0.05) is 17.7 Å². The van der Waals surface area contributed by atoms with Crippen molar-refractivity contribution in [2.24, 2.45) is 5.73 Å². The quantitative estimate of drug-likeness (QED) is 0.841. The number of hydrogen-bond acceptors (Lipinski definition) is 5. The van der Waals surface area contributed by atoms with Crippen molar-refractivity contribution in [2.45, 2.75) is 4.90 Å². The van der Waals surface area contributed by atoms with Gasteiger partial charge in [0.05, 0.1) is 12.7 Å². The van der Waals surface area contributed by atoms with E-state index < -0.39 is 16.0 Å². The summed E-state index contributed by atoms with van der Waals surface area (Å²) in [6.07, 6.45) is 0. The van der Waals surface area contributed by atoms with E-state index in [1.54, 1.807) is 0 Å². The third-order valence-electron chi connectivity index (χ3n) is 2.74. The highest BCUT2D eigenvalue weighted by Crippen LogP contribution is 2.28. The van der Waals surface area contributed by atoms with E-state index in [1.165, 1.54) is 49.6 Å². The van der Waals surface area contributed by atoms with Crippen molar-refractivity contribution >= 4 is 27.6 Å². The number of halogens is 1. The highest BCUT2D eigenvalue weighted by Gasteiger charge is 2.21. The molecule has 0 fully saturated rings. The first-order chi connectivity index (χ1) is 10.3. The Labute approximate surface area is 132 Å². The fourth-order valence-corrected chi connectivity index (χ4v) is 2.93. The van der Waals surface area contributed by atoms with Crippen LogP contribution in [-0.2, 0) is 10.1 Å². The predicted molar refractivity (Wildman–Crippen MR) is 80.8 cm³/mol. The Bertz CT molecular complexity index is 820. The van der Waals surface area contributed by atoms with Gasteiger partial charge in [-0.25, -0.2) is 0 Å². The summed E-state index contributed by atoms with van der Waals surface area (Å²) < 4.78 is 34.5. The average molecular weight is 342 g/mol. The minimum Gasteiger partial charge on any atom is -0.497 e. The van der Waals surface area contributed by atoms with Crippen molar-refractivity contribution in [1.29, 1.82) is 0 Å². The molecule has 0 atom stereocenters. The van der Waals surface area contributed by atoms with Crippen LogP contribution < -0.4 is 14.7 Å². The molecule has 0 aliphatic rings. The van der Waals surface area contributed by atoms with E-state index in [0.717, 1.165) is 0 Å². The SMILES string of the molecule is COc1ccc(C(N)=O)c(OS(=O)(=O)c2cccc(Cl)c2)c1. The second-order valence-corrected chi connectivity index (χ2v) is 6.20. The zero-order valence-corrected chi connectivity index (χ0v) is 13.0. The molecule has 2 aromatic carbocycles. The first-order valence-corrected chi connectivity index (χ1v) is 7.80. The van der Waals surface area contributed by atoms with Gasteiger partial charge in [0.2, 0.25) is 0 Å². The summed E-state index contributed by atoms with van der Waals surface area (Å²) in [7, 11) is -2.77. The van der Waals surface area contributed by atoms with Crippen molar-refractivity contribution in [3.05, 3.63) is 53.1 Å². The molecule has 0 aliphatic heterocycles. The summed E-state index contributed by atoms with van der Waals surface area (Å²) >= 11 is 5.77. The van der Waals surface area contributed by atoms with E-state index in [2.05, 4.69) is 0 Å². The van der Waals surface area contributed by atoms with Crippen LogP contribution in [0.1, 0.15) is 10.4 Å². The molecule has 6 nitrogen and oxygen atoms in total. The highest BCUT2D eigenvalue weighted by molar-refractivity contribution is 7.87. The van der Waals surface area contributed by atoms with Gasteiger partial charge in [-0.15, -0.1) is 0 Å². The number of amides is 1. The molecule has 0 bridgehead atoms. The molecule has 0 saturated carbocycles. The number of rotatable bonds is 5. The maximum atomic E-state index is 12.3. The normalized spacial score (nSPS) is 11.0. The number of primary amides is 1. The second-order valence-electron chi connectivity index (χ2n) is 4.22. The van der Waals surface area contributed by atoms with Gasteiger partial charge in [-0.3, -0.25) is 4.79 Å². The second kappa shape index (κ2) is 6.25. The smallest absolute Gasteiger partial charge is 0.339 e. The zero-order valence-electron chi connectivity index (χ0n) is 11.4. The van der Waals surface area contributed by atoms with E-state index in [-0.39, 0.29) is 21.2 Å². The molecule has 0 unspecified atom stereocenters. The molecule has 0 aliphatic carbocycles. The average Bonchev–Trinajstić information content (AvgIpc) is 2.46. The standard InChI is InChI=1S/C14H12ClNO5S/c1-20-10-5-6-12(14(16)17)13(8-10)21-22(18,19)11-4-2-3-9(15)7-11/h2-8H,1H3,(H2,16,17). The Morgan fingerprint density at radius 2 is 1.91 bits per heavy atom. The van der Waals surface area contributed by atoms with Gasteiger partial charge in [0, 0.05) is 11.1 Å². The molecule has 0 radical (unpaired) electrons. The maximum Gasteiger partial charge on any atom is 0.339 e. The van der Waals surface area contributed by atoms with Gasteiger partial charge in [0.1, 0.15) is 10.6 Å². The number of carbonyl (C=O) groups is 1. The Morgan fingerprint density at radius 3 is 2.50 bits per heavy atom. The van der Waals surface area contributed by atoms with Crippen LogP contribution >= 0.6 is 11.6 Å². The molecular formula is C14H12ClNO5S. The van der Waals surface area contributed by atoms with Gasteiger partial charge in [0.15, 0.2) is 5.75 Å². The molecule has 2 rings (SSSR count). The van der Waals surface area contributed by atoms with E-state index in [4.69, 9.17) is 26.3 Å². The lowest BCUT2D eigenvalue weighted by molar-refractivity contribution is 0.0999. The van der Waals surface area contributed by atoms with Crippen LogP contribution in [0, 0.1) is 0 Å². The van der Waals surface area contributed by atoms with Crippen LogP contribution in [0.5, 0.6) is 11.5 Å². The van der Waals surface area contributed by atoms with Gasteiger partial charge < -0.3 is 14.7 Å². The molecule has 8 heteroatoms. The van der Waals surface area contributed by atoms with Gasteiger partial charge in [-0.05, 0) is 30.3 Å². The Kier molecular flexibility index (Phi) is 4.58. The minimum atomic E-state index is -4.16. The number of carbonyl (C=O) groups excluding carboxylic acids is 1. The van der Waals surface area contributed by atoms with Crippen LogP contribution in [-0.4, -0.2) is 21.4 Å². The molecule has 22 heavy (non-hydrogen) atoms. The first-order valence-electron chi connectivity index (χ1n) is 6.01. The summed E-state index contributed by atoms with van der Waals surface area (Å²) in [4.78, 5) is 11.2. The topological polar surface area (TPSA) is 95.7 Å².